The van der Waals surface area contributed by atoms with Crippen LogP contribution in [0.4, 0.5) is 10.1 Å². The number of amides is 1. The summed E-state index contributed by atoms with van der Waals surface area (Å²) in [6.45, 7) is 0.399. The normalized spacial score (nSPS) is 10.3. The first kappa shape index (κ1) is 14.5. The van der Waals surface area contributed by atoms with Gasteiger partial charge in [-0.1, -0.05) is 35.9 Å². The minimum Gasteiger partial charge on any atom is -0.325 e. The maximum absolute atomic E-state index is 13.4. The van der Waals surface area contributed by atoms with E-state index in [9.17, 15) is 9.18 Å². The number of hydrogen-bond donors (Lipinski definition) is 2. The third-order valence-corrected chi connectivity index (χ3v) is 2.90. The Kier molecular flexibility index (Phi) is 5.09. The van der Waals surface area contributed by atoms with E-state index in [-0.39, 0.29) is 18.3 Å². The van der Waals surface area contributed by atoms with Crippen molar-refractivity contribution in [3.63, 3.8) is 0 Å². The molecule has 0 aliphatic rings. The molecule has 5 heteroatoms. The highest BCUT2D eigenvalue weighted by Crippen LogP contribution is 2.14. The zero-order valence-corrected chi connectivity index (χ0v) is 11.5. The molecule has 2 aromatic carbocycles. The quantitative estimate of drug-likeness (QED) is 0.888. The lowest BCUT2D eigenvalue weighted by Crippen LogP contribution is -2.28. The van der Waals surface area contributed by atoms with Crippen molar-refractivity contribution in [3.05, 3.63) is 64.9 Å². The van der Waals surface area contributed by atoms with Gasteiger partial charge in [-0.15, -0.1) is 0 Å². The van der Waals surface area contributed by atoms with Crippen LogP contribution in [0.5, 0.6) is 0 Å². The first-order valence-electron chi connectivity index (χ1n) is 6.15. The zero-order valence-electron chi connectivity index (χ0n) is 10.7. The van der Waals surface area contributed by atoms with Crippen LogP contribution < -0.4 is 10.6 Å². The van der Waals surface area contributed by atoms with Crippen molar-refractivity contribution < 1.29 is 9.18 Å². The molecule has 20 heavy (non-hydrogen) atoms. The highest BCUT2D eigenvalue weighted by atomic mass is 35.5. The van der Waals surface area contributed by atoms with E-state index in [0.29, 0.717) is 22.8 Å². The molecule has 1 amide bonds. The van der Waals surface area contributed by atoms with Gasteiger partial charge < -0.3 is 10.6 Å². The van der Waals surface area contributed by atoms with Crippen LogP contribution in [0.25, 0.3) is 0 Å². The third kappa shape index (κ3) is 4.33. The summed E-state index contributed by atoms with van der Waals surface area (Å²) in [7, 11) is 0. The molecule has 0 atom stereocenters. The maximum atomic E-state index is 13.4. The van der Waals surface area contributed by atoms with E-state index in [0.717, 1.165) is 0 Å². The van der Waals surface area contributed by atoms with Gasteiger partial charge in [-0.25, -0.2) is 4.39 Å². The first-order valence-corrected chi connectivity index (χ1v) is 6.52. The van der Waals surface area contributed by atoms with Gasteiger partial charge in [-0.2, -0.15) is 0 Å². The molecule has 2 rings (SSSR count). The Morgan fingerprint density at radius 3 is 2.70 bits per heavy atom. The first-order chi connectivity index (χ1) is 9.65. The summed E-state index contributed by atoms with van der Waals surface area (Å²) in [5, 5.41) is 6.15. The van der Waals surface area contributed by atoms with Crippen molar-refractivity contribution in [2.24, 2.45) is 0 Å². The second-order valence-corrected chi connectivity index (χ2v) is 4.69. The van der Waals surface area contributed by atoms with Crippen molar-refractivity contribution in [2.75, 3.05) is 11.9 Å². The van der Waals surface area contributed by atoms with Crippen LogP contribution in [0.1, 0.15) is 5.56 Å². The van der Waals surface area contributed by atoms with Crippen molar-refractivity contribution in [1.29, 1.82) is 0 Å². The summed E-state index contributed by atoms with van der Waals surface area (Å²) in [6, 6.07) is 13.4. The summed E-state index contributed by atoms with van der Waals surface area (Å²) >= 11 is 5.82. The van der Waals surface area contributed by atoms with Crippen LogP contribution in [-0.2, 0) is 11.3 Å². The molecule has 0 aromatic heterocycles. The molecule has 0 aliphatic carbocycles. The molecule has 0 spiro atoms. The molecule has 2 aromatic rings. The SMILES string of the molecule is O=C(CNCc1ccccc1F)Nc1cccc(Cl)c1. The Morgan fingerprint density at radius 2 is 1.95 bits per heavy atom. The van der Waals surface area contributed by atoms with Gasteiger partial charge in [0.15, 0.2) is 0 Å². The van der Waals surface area contributed by atoms with Crippen LogP contribution >= 0.6 is 11.6 Å². The predicted octanol–water partition coefficient (Wildman–Crippen LogP) is 3.21. The molecule has 0 saturated carbocycles. The number of carbonyl (C=O) groups is 1. The monoisotopic (exact) mass is 292 g/mol. The van der Waals surface area contributed by atoms with Crippen LogP contribution in [0.15, 0.2) is 48.5 Å². The summed E-state index contributed by atoms with van der Waals surface area (Å²) in [6.07, 6.45) is 0. The fraction of sp³-hybridized carbons (Fsp3) is 0.133. The molecule has 104 valence electrons. The molecular formula is C15H14ClFN2O. The fourth-order valence-electron chi connectivity index (χ4n) is 1.72. The molecule has 0 aliphatic heterocycles. The maximum Gasteiger partial charge on any atom is 0.238 e. The second kappa shape index (κ2) is 7.03. The van der Waals surface area contributed by atoms with E-state index in [1.807, 2.05) is 0 Å². The highest BCUT2D eigenvalue weighted by Gasteiger charge is 2.04. The van der Waals surface area contributed by atoms with E-state index in [4.69, 9.17) is 11.6 Å². The van der Waals surface area contributed by atoms with E-state index < -0.39 is 0 Å². The third-order valence-electron chi connectivity index (χ3n) is 2.67. The number of halogens is 2. The largest absolute Gasteiger partial charge is 0.325 e. The number of carbonyl (C=O) groups excluding carboxylic acids is 1. The van der Waals surface area contributed by atoms with Crippen molar-refractivity contribution in [1.82, 2.24) is 5.32 Å². The Labute approximate surface area is 121 Å². The minimum absolute atomic E-state index is 0.0981. The smallest absolute Gasteiger partial charge is 0.238 e. The van der Waals surface area contributed by atoms with Crippen LogP contribution in [0, 0.1) is 5.82 Å². The van der Waals surface area contributed by atoms with Crippen LogP contribution in [0.2, 0.25) is 5.02 Å². The topological polar surface area (TPSA) is 41.1 Å². The highest BCUT2D eigenvalue weighted by molar-refractivity contribution is 6.30. The molecule has 0 unspecified atom stereocenters. The van der Waals surface area contributed by atoms with E-state index in [1.54, 1.807) is 42.5 Å². The Bertz CT molecular complexity index is 604. The average molecular weight is 293 g/mol. The van der Waals surface area contributed by atoms with Crippen LogP contribution in [0.3, 0.4) is 0 Å². The molecule has 0 radical (unpaired) electrons. The Morgan fingerprint density at radius 1 is 1.15 bits per heavy atom. The fourth-order valence-corrected chi connectivity index (χ4v) is 1.91. The Hall–Kier alpha value is -1.91. The zero-order chi connectivity index (χ0) is 14.4. The Balaban J connectivity index is 1.80. The number of nitrogens with one attached hydrogen (secondary N) is 2. The molecule has 0 saturated heterocycles. The van der Waals surface area contributed by atoms with Gasteiger partial charge in [0.2, 0.25) is 5.91 Å². The molecule has 2 N–H and O–H groups in total. The number of rotatable bonds is 5. The summed E-state index contributed by atoms with van der Waals surface area (Å²) in [5.74, 6) is -0.487. The van der Waals surface area contributed by atoms with Gasteiger partial charge in [0.05, 0.1) is 6.54 Å². The second-order valence-electron chi connectivity index (χ2n) is 4.25. The minimum atomic E-state index is -0.282. The van der Waals surface area contributed by atoms with Crippen LogP contribution in [-0.4, -0.2) is 12.5 Å². The molecule has 0 bridgehead atoms. The summed E-state index contributed by atoms with van der Waals surface area (Å²) in [5.41, 5.74) is 1.17. The average Bonchev–Trinajstić information content (AvgIpc) is 2.41. The lowest BCUT2D eigenvalue weighted by atomic mass is 10.2. The van der Waals surface area contributed by atoms with Gasteiger partial charge in [0, 0.05) is 22.8 Å². The van der Waals surface area contributed by atoms with E-state index in [1.165, 1.54) is 6.07 Å². The van der Waals surface area contributed by atoms with Gasteiger partial charge >= 0.3 is 0 Å². The van der Waals surface area contributed by atoms with Gasteiger partial charge in [-0.3, -0.25) is 4.79 Å². The lowest BCUT2D eigenvalue weighted by molar-refractivity contribution is -0.115. The number of anilines is 1. The molecule has 0 heterocycles. The predicted molar refractivity (Wildman–Crippen MR) is 78.2 cm³/mol. The van der Waals surface area contributed by atoms with E-state index >= 15 is 0 Å². The standard InChI is InChI=1S/C15H14ClFN2O/c16-12-5-3-6-13(8-12)19-15(20)10-18-9-11-4-1-2-7-14(11)17/h1-8,18H,9-10H2,(H,19,20). The van der Waals surface area contributed by atoms with E-state index in [2.05, 4.69) is 10.6 Å². The van der Waals surface area contributed by atoms with Gasteiger partial charge in [0.25, 0.3) is 0 Å². The molecular weight excluding hydrogens is 279 g/mol. The van der Waals surface area contributed by atoms with Crippen molar-refractivity contribution >= 4 is 23.2 Å². The van der Waals surface area contributed by atoms with Gasteiger partial charge in [0.1, 0.15) is 5.82 Å². The van der Waals surface area contributed by atoms with Crippen molar-refractivity contribution in [3.8, 4) is 0 Å². The number of hydrogen-bond acceptors (Lipinski definition) is 2. The summed E-state index contributed by atoms with van der Waals surface area (Å²) in [4.78, 5) is 11.7. The summed E-state index contributed by atoms with van der Waals surface area (Å²) < 4.78 is 13.4. The molecule has 0 fully saturated rings. The number of benzene rings is 2. The van der Waals surface area contributed by atoms with Gasteiger partial charge in [-0.05, 0) is 24.3 Å². The molecule has 3 nitrogen and oxygen atoms in total. The lowest BCUT2D eigenvalue weighted by Gasteiger charge is -2.07. The van der Waals surface area contributed by atoms with Crippen molar-refractivity contribution in [2.45, 2.75) is 6.54 Å².